The number of imidazole rings is 1. The molecule has 47 heavy (non-hydrogen) atoms. The van der Waals surface area contributed by atoms with Gasteiger partial charge in [-0.15, -0.1) is 0 Å². The number of para-hydroxylation sites is 4. The van der Waals surface area contributed by atoms with Crippen LogP contribution in [0.2, 0.25) is 0 Å². The van der Waals surface area contributed by atoms with Gasteiger partial charge in [-0.05, 0) is 80.5 Å². The van der Waals surface area contributed by atoms with Crippen molar-refractivity contribution >= 4 is 65.2 Å². The Morgan fingerprint density at radius 1 is 0.404 bits per heavy atom. The van der Waals surface area contributed by atoms with E-state index in [2.05, 4.69) is 162 Å². The van der Waals surface area contributed by atoms with Gasteiger partial charge < -0.3 is 0 Å². The van der Waals surface area contributed by atoms with Crippen LogP contribution in [0.3, 0.4) is 0 Å². The third-order valence-corrected chi connectivity index (χ3v) is 9.54. The first kappa shape index (κ1) is 26.0. The molecule has 10 aromatic rings. The fourth-order valence-electron chi connectivity index (χ4n) is 7.41. The number of aromatic nitrogens is 3. The van der Waals surface area contributed by atoms with Gasteiger partial charge >= 0.3 is 0 Å². The van der Waals surface area contributed by atoms with Crippen molar-refractivity contribution < 1.29 is 0 Å². The molecule has 0 aliphatic rings. The number of rotatable bonds is 3. The average Bonchev–Trinajstić information content (AvgIpc) is 3.54. The van der Waals surface area contributed by atoms with Crippen molar-refractivity contribution in [3.8, 4) is 28.2 Å². The van der Waals surface area contributed by atoms with Crippen LogP contribution >= 0.6 is 0 Å². The Hall–Kier alpha value is -6.32. The lowest BCUT2D eigenvalue weighted by molar-refractivity contribution is 1.10. The minimum absolute atomic E-state index is 0.935. The van der Waals surface area contributed by atoms with Gasteiger partial charge in [-0.1, -0.05) is 121 Å². The Labute approximate surface area is 271 Å². The summed E-state index contributed by atoms with van der Waals surface area (Å²) in [6.07, 6.45) is 0. The third-order valence-electron chi connectivity index (χ3n) is 9.54. The maximum Gasteiger partial charge on any atom is 0.145 e. The first-order valence-corrected chi connectivity index (χ1v) is 16.0. The van der Waals surface area contributed by atoms with Crippen LogP contribution in [0.15, 0.2) is 164 Å². The summed E-state index contributed by atoms with van der Waals surface area (Å²) in [6, 6.07) is 58.4. The second-order valence-electron chi connectivity index (χ2n) is 12.2. The fourth-order valence-corrected chi connectivity index (χ4v) is 7.41. The molecule has 8 aromatic carbocycles. The highest BCUT2D eigenvalue weighted by Gasteiger charge is 2.18. The van der Waals surface area contributed by atoms with Crippen LogP contribution in [0.25, 0.3) is 93.4 Å². The molecule has 0 bridgehead atoms. The normalized spacial score (nSPS) is 11.8. The standard InChI is InChI=1S/C44H27N3/c1-2-13-31(14-3-1)47-41-21-11-10-20-40(41)46-44(47)29-24-22-28(23-25-29)36-27-37-33-16-6-8-18-35(33)43-38(26-30-12-4-9-19-39(30)45-43)42(37)34-17-7-5-15-32(34)36/h1-27H. The summed E-state index contributed by atoms with van der Waals surface area (Å²) < 4.78 is 2.25. The van der Waals surface area contributed by atoms with E-state index in [0.29, 0.717) is 0 Å². The Morgan fingerprint density at radius 3 is 1.87 bits per heavy atom. The number of nitrogens with zero attached hydrogens (tertiary/aromatic N) is 3. The van der Waals surface area contributed by atoms with Crippen molar-refractivity contribution in [3.05, 3.63) is 164 Å². The van der Waals surface area contributed by atoms with Gasteiger partial charge in [0, 0.05) is 27.4 Å². The van der Waals surface area contributed by atoms with Crippen LogP contribution in [0.5, 0.6) is 0 Å². The molecule has 0 spiro atoms. The second-order valence-corrected chi connectivity index (χ2v) is 12.2. The van der Waals surface area contributed by atoms with Gasteiger partial charge in [0.2, 0.25) is 0 Å². The maximum atomic E-state index is 5.22. The number of pyridine rings is 1. The highest BCUT2D eigenvalue weighted by molar-refractivity contribution is 6.33. The second kappa shape index (κ2) is 10.1. The Balaban J connectivity index is 1.22. The minimum atomic E-state index is 0.935. The fraction of sp³-hybridized carbons (Fsp3) is 0. The molecule has 10 rings (SSSR count). The molecule has 3 nitrogen and oxygen atoms in total. The molecule has 0 amide bonds. The van der Waals surface area contributed by atoms with Crippen molar-refractivity contribution in [2.75, 3.05) is 0 Å². The van der Waals surface area contributed by atoms with Gasteiger partial charge in [-0.3, -0.25) is 4.57 Å². The maximum absolute atomic E-state index is 5.22. The van der Waals surface area contributed by atoms with Gasteiger partial charge in [0.05, 0.1) is 22.1 Å². The van der Waals surface area contributed by atoms with E-state index in [1.165, 1.54) is 48.8 Å². The van der Waals surface area contributed by atoms with Crippen molar-refractivity contribution in [1.29, 1.82) is 0 Å². The predicted molar refractivity (Wildman–Crippen MR) is 197 cm³/mol. The summed E-state index contributed by atoms with van der Waals surface area (Å²) in [5.41, 5.74) is 8.72. The molecule has 3 heteroatoms. The summed E-state index contributed by atoms with van der Waals surface area (Å²) in [6.45, 7) is 0. The molecule has 0 aliphatic carbocycles. The minimum Gasteiger partial charge on any atom is -0.292 e. The Kier molecular flexibility index (Phi) is 5.57. The monoisotopic (exact) mass is 597 g/mol. The quantitative estimate of drug-likeness (QED) is 0.150. The molecule has 218 valence electrons. The van der Waals surface area contributed by atoms with Crippen molar-refractivity contribution in [2.24, 2.45) is 0 Å². The summed E-state index contributed by atoms with van der Waals surface area (Å²) in [4.78, 5) is 10.3. The van der Waals surface area contributed by atoms with Crippen molar-refractivity contribution in [2.45, 2.75) is 0 Å². The first-order chi connectivity index (χ1) is 23.3. The van der Waals surface area contributed by atoms with Crippen LogP contribution in [0.1, 0.15) is 0 Å². The predicted octanol–water partition coefficient (Wildman–Crippen LogP) is 11.5. The summed E-state index contributed by atoms with van der Waals surface area (Å²) in [5, 5.41) is 9.71. The molecular weight excluding hydrogens is 571 g/mol. The average molecular weight is 598 g/mol. The number of hydrogen-bond acceptors (Lipinski definition) is 2. The number of benzene rings is 8. The lowest BCUT2D eigenvalue weighted by atomic mass is 9.88. The van der Waals surface area contributed by atoms with Crippen LogP contribution in [0, 0.1) is 0 Å². The van der Waals surface area contributed by atoms with Gasteiger partial charge in [0.1, 0.15) is 5.82 Å². The molecule has 0 N–H and O–H groups in total. The highest BCUT2D eigenvalue weighted by atomic mass is 15.1. The molecule has 0 fully saturated rings. The van der Waals surface area contributed by atoms with E-state index in [1.807, 2.05) is 6.07 Å². The summed E-state index contributed by atoms with van der Waals surface area (Å²) in [5.74, 6) is 0.935. The van der Waals surface area contributed by atoms with Gasteiger partial charge in [-0.2, -0.15) is 0 Å². The van der Waals surface area contributed by atoms with Crippen LogP contribution in [0.4, 0.5) is 0 Å². The molecule has 0 saturated carbocycles. The zero-order chi connectivity index (χ0) is 30.9. The van der Waals surface area contributed by atoms with E-state index < -0.39 is 0 Å². The lowest BCUT2D eigenvalue weighted by Gasteiger charge is -2.16. The SMILES string of the molecule is c1ccc(-n2c(-c3ccc(-c4cc5c6ccccc6c6nc7ccccc7cc6c5c5ccccc45)cc3)nc3ccccc32)cc1. The smallest absolute Gasteiger partial charge is 0.145 e. The van der Waals surface area contributed by atoms with E-state index in [-0.39, 0.29) is 0 Å². The molecule has 0 radical (unpaired) electrons. The summed E-state index contributed by atoms with van der Waals surface area (Å²) in [7, 11) is 0. The molecule has 2 aromatic heterocycles. The molecule has 0 unspecified atom stereocenters. The molecular formula is C44H27N3. The van der Waals surface area contributed by atoms with E-state index in [0.717, 1.165) is 44.5 Å². The van der Waals surface area contributed by atoms with Crippen LogP contribution in [-0.2, 0) is 0 Å². The van der Waals surface area contributed by atoms with E-state index in [1.54, 1.807) is 0 Å². The number of fused-ring (bicyclic) bond motifs is 10. The largest absolute Gasteiger partial charge is 0.292 e. The molecule has 0 saturated heterocycles. The number of hydrogen-bond donors (Lipinski definition) is 0. The van der Waals surface area contributed by atoms with Crippen molar-refractivity contribution in [3.63, 3.8) is 0 Å². The van der Waals surface area contributed by atoms with E-state index >= 15 is 0 Å². The zero-order valence-corrected chi connectivity index (χ0v) is 25.4. The molecule has 2 heterocycles. The van der Waals surface area contributed by atoms with Gasteiger partial charge in [0.25, 0.3) is 0 Å². The lowest BCUT2D eigenvalue weighted by Crippen LogP contribution is -1.97. The third kappa shape index (κ3) is 3.93. The summed E-state index contributed by atoms with van der Waals surface area (Å²) >= 11 is 0. The van der Waals surface area contributed by atoms with Gasteiger partial charge in [0.15, 0.2) is 0 Å². The van der Waals surface area contributed by atoms with E-state index in [4.69, 9.17) is 9.97 Å². The molecule has 0 atom stereocenters. The van der Waals surface area contributed by atoms with Crippen LogP contribution < -0.4 is 0 Å². The van der Waals surface area contributed by atoms with Crippen LogP contribution in [-0.4, -0.2) is 14.5 Å². The Morgan fingerprint density at radius 2 is 1.04 bits per heavy atom. The van der Waals surface area contributed by atoms with Crippen molar-refractivity contribution in [1.82, 2.24) is 14.5 Å². The van der Waals surface area contributed by atoms with Gasteiger partial charge in [-0.25, -0.2) is 9.97 Å². The molecule has 0 aliphatic heterocycles. The first-order valence-electron chi connectivity index (χ1n) is 16.0. The zero-order valence-electron chi connectivity index (χ0n) is 25.4. The highest BCUT2D eigenvalue weighted by Crippen LogP contribution is 2.43. The topological polar surface area (TPSA) is 30.7 Å². The Bertz CT molecular complexity index is 2830. The van der Waals surface area contributed by atoms with E-state index in [9.17, 15) is 0 Å².